The van der Waals surface area contributed by atoms with Crippen molar-refractivity contribution >= 4 is 12.1 Å². The zero-order chi connectivity index (χ0) is 13.8. The maximum absolute atomic E-state index is 11.9. The van der Waals surface area contributed by atoms with Crippen molar-refractivity contribution in [1.29, 1.82) is 0 Å². The third-order valence-electron chi connectivity index (χ3n) is 2.91. The Labute approximate surface area is 110 Å². The third kappa shape index (κ3) is 3.04. The summed E-state index contributed by atoms with van der Waals surface area (Å²) in [4.78, 5) is 24.5. The average Bonchev–Trinajstić information content (AvgIpc) is 2.98. The molecule has 1 N–H and O–H groups in total. The Bertz CT molecular complexity index is 469. The van der Waals surface area contributed by atoms with Gasteiger partial charge >= 0.3 is 12.1 Å². The highest BCUT2D eigenvalue weighted by molar-refractivity contribution is 5.90. The van der Waals surface area contributed by atoms with Gasteiger partial charge in [-0.25, -0.2) is 9.59 Å². The first kappa shape index (κ1) is 13.4. The van der Waals surface area contributed by atoms with E-state index < -0.39 is 5.97 Å². The number of carbonyl (C=O) groups is 2. The van der Waals surface area contributed by atoms with Gasteiger partial charge in [-0.2, -0.15) is 5.10 Å². The van der Waals surface area contributed by atoms with Gasteiger partial charge in [0.25, 0.3) is 0 Å². The van der Waals surface area contributed by atoms with Crippen molar-refractivity contribution in [3.8, 4) is 0 Å². The molecule has 1 aromatic heterocycles. The summed E-state index contributed by atoms with van der Waals surface area (Å²) in [6, 6.07) is 0. The lowest BCUT2D eigenvalue weighted by atomic mass is 10.1. The van der Waals surface area contributed by atoms with E-state index in [0.717, 1.165) is 5.69 Å². The smallest absolute Gasteiger partial charge is 0.410 e. The number of aromatic amines is 1. The lowest BCUT2D eigenvalue weighted by molar-refractivity contribution is 0.0475. The van der Waals surface area contributed by atoms with Crippen LogP contribution in [0.15, 0.2) is 6.20 Å². The number of hydrogen-bond acceptors (Lipinski definition) is 5. The number of rotatable bonds is 5. The topological polar surface area (TPSA) is 84.5 Å². The van der Waals surface area contributed by atoms with E-state index in [2.05, 4.69) is 10.2 Å². The van der Waals surface area contributed by atoms with Crippen LogP contribution in [0.1, 0.15) is 35.8 Å². The zero-order valence-corrected chi connectivity index (χ0v) is 11.0. The normalized spacial score (nSPS) is 14.9. The quantitative estimate of drug-likeness (QED) is 0.809. The summed E-state index contributed by atoms with van der Waals surface area (Å²) >= 11 is 0. The lowest BCUT2D eigenvalue weighted by Crippen LogP contribution is -2.29. The van der Waals surface area contributed by atoms with Crippen LogP contribution in [-0.2, 0) is 9.47 Å². The number of nitrogens with one attached hydrogen (secondary N) is 1. The van der Waals surface area contributed by atoms with Crippen molar-refractivity contribution in [3.63, 3.8) is 0 Å². The molecule has 19 heavy (non-hydrogen) atoms. The lowest BCUT2D eigenvalue weighted by Gasteiger charge is -2.12. The maximum Gasteiger partial charge on any atom is 0.410 e. The number of aromatic nitrogens is 2. The van der Waals surface area contributed by atoms with Crippen LogP contribution in [0, 0.1) is 0 Å². The molecule has 104 valence electrons. The molecule has 0 bridgehead atoms. The van der Waals surface area contributed by atoms with Crippen molar-refractivity contribution in [2.24, 2.45) is 0 Å². The molecule has 1 aliphatic heterocycles. The molecule has 7 heteroatoms. The minimum atomic E-state index is -0.426. The van der Waals surface area contributed by atoms with Crippen molar-refractivity contribution in [2.45, 2.75) is 19.8 Å². The summed E-state index contributed by atoms with van der Waals surface area (Å²) < 4.78 is 9.92. The predicted octanol–water partition coefficient (Wildman–Crippen LogP) is 1.14. The largest absolute Gasteiger partial charge is 0.460 e. The number of esters is 1. The Kier molecular flexibility index (Phi) is 4.03. The molecule has 7 nitrogen and oxygen atoms in total. The number of carbonyl (C=O) groups excluding carboxylic acids is 2. The molecule has 0 spiro atoms. The second-order valence-electron chi connectivity index (χ2n) is 4.59. The molecule has 1 aliphatic rings. The molecule has 0 aliphatic carbocycles. The highest BCUT2D eigenvalue weighted by atomic mass is 16.6. The highest BCUT2D eigenvalue weighted by Crippen LogP contribution is 2.16. The van der Waals surface area contributed by atoms with Crippen LogP contribution < -0.4 is 0 Å². The van der Waals surface area contributed by atoms with Gasteiger partial charge in [-0.05, 0) is 5.92 Å². The summed E-state index contributed by atoms with van der Waals surface area (Å²) in [6.07, 6.45) is 1.10. The Balaban J connectivity index is 1.84. The van der Waals surface area contributed by atoms with E-state index in [1.807, 2.05) is 13.8 Å². The fourth-order valence-electron chi connectivity index (χ4n) is 1.85. The third-order valence-corrected chi connectivity index (χ3v) is 2.91. The second kappa shape index (κ2) is 5.73. The van der Waals surface area contributed by atoms with Gasteiger partial charge in [-0.1, -0.05) is 13.8 Å². The second-order valence-corrected chi connectivity index (χ2v) is 4.59. The van der Waals surface area contributed by atoms with Crippen molar-refractivity contribution in [1.82, 2.24) is 15.1 Å². The summed E-state index contributed by atoms with van der Waals surface area (Å²) in [5.41, 5.74) is 1.20. The molecule has 1 aromatic rings. The van der Waals surface area contributed by atoms with Crippen LogP contribution in [0.5, 0.6) is 0 Å². The summed E-state index contributed by atoms with van der Waals surface area (Å²) in [7, 11) is 0. The van der Waals surface area contributed by atoms with Gasteiger partial charge in [0, 0.05) is 0 Å². The standard InChI is InChI=1S/C12H17N3O4/c1-8(2)10-9(7-13-14-10)11(16)18-5-3-15-4-6-19-12(15)17/h7-8H,3-6H2,1-2H3,(H,13,14). The van der Waals surface area contributed by atoms with E-state index in [4.69, 9.17) is 9.47 Å². The zero-order valence-electron chi connectivity index (χ0n) is 11.0. The van der Waals surface area contributed by atoms with Gasteiger partial charge in [0.2, 0.25) is 0 Å². The molecule has 1 fully saturated rings. The van der Waals surface area contributed by atoms with Crippen molar-refractivity contribution < 1.29 is 19.1 Å². The van der Waals surface area contributed by atoms with E-state index in [1.165, 1.54) is 11.1 Å². The van der Waals surface area contributed by atoms with Crippen LogP contribution in [-0.4, -0.2) is 53.5 Å². The van der Waals surface area contributed by atoms with Crippen molar-refractivity contribution in [3.05, 3.63) is 17.5 Å². The Morgan fingerprint density at radius 1 is 1.63 bits per heavy atom. The minimum Gasteiger partial charge on any atom is -0.460 e. The minimum absolute atomic E-state index is 0.149. The van der Waals surface area contributed by atoms with Gasteiger partial charge in [0.1, 0.15) is 18.8 Å². The Morgan fingerprint density at radius 3 is 3.05 bits per heavy atom. The molecular weight excluding hydrogens is 250 g/mol. The molecule has 0 saturated carbocycles. The maximum atomic E-state index is 11.9. The van der Waals surface area contributed by atoms with Gasteiger partial charge in [-0.15, -0.1) is 0 Å². The van der Waals surface area contributed by atoms with Crippen LogP contribution >= 0.6 is 0 Å². The molecule has 1 saturated heterocycles. The van der Waals surface area contributed by atoms with E-state index in [-0.39, 0.29) is 18.6 Å². The Morgan fingerprint density at radius 2 is 2.42 bits per heavy atom. The van der Waals surface area contributed by atoms with E-state index in [1.54, 1.807) is 0 Å². The summed E-state index contributed by atoms with van der Waals surface area (Å²) in [6.45, 7) is 5.36. The van der Waals surface area contributed by atoms with Crippen LogP contribution in [0.4, 0.5) is 4.79 Å². The van der Waals surface area contributed by atoms with Crippen molar-refractivity contribution in [2.75, 3.05) is 26.3 Å². The fourth-order valence-corrected chi connectivity index (χ4v) is 1.85. The van der Waals surface area contributed by atoms with Crippen LogP contribution in [0.3, 0.4) is 0 Å². The predicted molar refractivity (Wildman–Crippen MR) is 65.9 cm³/mol. The van der Waals surface area contributed by atoms with E-state index in [0.29, 0.717) is 25.3 Å². The molecule has 0 unspecified atom stereocenters. The van der Waals surface area contributed by atoms with E-state index in [9.17, 15) is 9.59 Å². The van der Waals surface area contributed by atoms with Gasteiger partial charge in [0.05, 0.1) is 25.0 Å². The number of ether oxygens (including phenoxy) is 2. The molecule has 0 atom stereocenters. The first-order chi connectivity index (χ1) is 9.09. The first-order valence-electron chi connectivity index (χ1n) is 6.21. The van der Waals surface area contributed by atoms with E-state index >= 15 is 0 Å². The monoisotopic (exact) mass is 267 g/mol. The summed E-state index contributed by atoms with van der Waals surface area (Å²) in [5.74, 6) is -0.261. The molecule has 2 rings (SSSR count). The Hall–Kier alpha value is -2.05. The molecule has 1 amide bonds. The molecule has 0 aromatic carbocycles. The first-order valence-corrected chi connectivity index (χ1v) is 6.21. The average molecular weight is 267 g/mol. The van der Waals surface area contributed by atoms with Gasteiger partial charge in [0.15, 0.2) is 0 Å². The highest BCUT2D eigenvalue weighted by Gasteiger charge is 2.22. The summed E-state index contributed by atoms with van der Waals surface area (Å²) in [5, 5.41) is 6.64. The van der Waals surface area contributed by atoms with Crippen LogP contribution in [0.25, 0.3) is 0 Å². The number of nitrogens with zero attached hydrogens (tertiary/aromatic N) is 2. The van der Waals surface area contributed by atoms with Crippen LogP contribution in [0.2, 0.25) is 0 Å². The van der Waals surface area contributed by atoms with Gasteiger partial charge in [-0.3, -0.25) is 5.10 Å². The number of cyclic esters (lactones) is 1. The SMILES string of the molecule is CC(C)c1[nH]ncc1C(=O)OCCN1CCOC1=O. The fraction of sp³-hybridized carbons (Fsp3) is 0.583. The van der Waals surface area contributed by atoms with Gasteiger partial charge < -0.3 is 14.4 Å². The molecular formula is C12H17N3O4. The number of amides is 1. The number of hydrogen-bond donors (Lipinski definition) is 1. The molecule has 0 radical (unpaired) electrons. The number of H-pyrrole nitrogens is 1. The molecule has 2 heterocycles.